The molecular weight excluding hydrogens is 967 g/mol. The van der Waals surface area contributed by atoms with Crippen LogP contribution in [0.3, 0.4) is 0 Å². The fourth-order valence-electron chi connectivity index (χ4n) is 11.6. The molecule has 13 aromatic carbocycles. The van der Waals surface area contributed by atoms with Gasteiger partial charge in [-0.2, -0.15) is 0 Å². The Morgan fingerprint density at radius 3 is 0.838 bits per heavy atom. The number of fused-ring (bicyclic) bond motifs is 3. The van der Waals surface area contributed by atoms with Crippen molar-refractivity contribution < 1.29 is 4.42 Å². The summed E-state index contributed by atoms with van der Waals surface area (Å²) in [6.45, 7) is 0. The van der Waals surface area contributed by atoms with E-state index in [0.717, 1.165) is 106 Å². The van der Waals surface area contributed by atoms with Gasteiger partial charge in [-0.25, -0.2) is 0 Å². The van der Waals surface area contributed by atoms with Crippen molar-refractivity contribution in [2.75, 3.05) is 4.90 Å². The van der Waals surface area contributed by atoms with Crippen molar-refractivity contribution >= 4 is 39.0 Å². The summed E-state index contributed by atoms with van der Waals surface area (Å²) in [6.07, 6.45) is 0. The van der Waals surface area contributed by atoms with Gasteiger partial charge in [-0.15, -0.1) is 0 Å². The van der Waals surface area contributed by atoms with E-state index in [-0.39, 0.29) is 0 Å². The lowest BCUT2D eigenvalue weighted by atomic mass is 9.78. The normalized spacial score (nSPS) is 11.2. The molecule has 0 saturated heterocycles. The Labute approximate surface area is 467 Å². The van der Waals surface area contributed by atoms with E-state index in [9.17, 15) is 0 Å². The molecule has 0 bridgehead atoms. The molecule has 0 fully saturated rings. The number of rotatable bonds is 12. The molecule has 0 N–H and O–H groups in total. The zero-order valence-corrected chi connectivity index (χ0v) is 44.0. The summed E-state index contributed by atoms with van der Waals surface area (Å²) in [6, 6.07) is 116. The summed E-state index contributed by atoms with van der Waals surface area (Å²) in [5.74, 6) is 0. The number of hydrogen-bond donors (Lipinski definition) is 0. The van der Waals surface area contributed by atoms with E-state index in [1.54, 1.807) is 0 Å². The Morgan fingerprint density at radius 2 is 0.463 bits per heavy atom. The Morgan fingerprint density at radius 1 is 0.188 bits per heavy atom. The predicted molar refractivity (Wildman–Crippen MR) is 337 cm³/mol. The highest BCUT2D eigenvalue weighted by Crippen LogP contribution is 2.52. The molecule has 1 heterocycles. The molecule has 2 heteroatoms. The number of hydrogen-bond acceptors (Lipinski definition) is 2. The molecule has 376 valence electrons. The first-order chi connectivity index (χ1) is 39.7. The largest absolute Gasteiger partial charge is 0.456 e. The van der Waals surface area contributed by atoms with Gasteiger partial charge in [0.05, 0.1) is 0 Å². The van der Waals surface area contributed by atoms with Crippen LogP contribution in [0.2, 0.25) is 0 Å². The van der Waals surface area contributed by atoms with Crippen LogP contribution in [0.4, 0.5) is 17.1 Å². The van der Waals surface area contributed by atoms with Crippen LogP contribution in [-0.4, -0.2) is 0 Å². The molecular formula is C78H53NO. The van der Waals surface area contributed by atoms with Crippen LogP contribution < -0.4 is 4.90 Å². The van der Waals surface area contributed by atoms with Crippen LogP contribution in [-0.2, 0) is 0 Å². The molecule has 0 aliphatic heterocycles. The van der Waals surface area contributed by atoms with E-state index in [4.69, 9.17) is 4.42 Å². The number of nitrogens with zero attached hydrogens (tertiary/aromatic N) is 1. The first-order valence-corrected chi connectivity index (χ1v) is 27.4. The van der Waals surface area contributed by atoms with Crippen molar-refractivity contribution in [1.29, 1.82) is 0 Å². The number of anilines is 3. The second-order valence-corrected chi connectivity index (χ2v) is 20.4. The van der Waals surface area contributed by atoms with Crippen LogP contribution in [0.15, 0.2) is 326 Å². The van der Waals surface area contributed by atoms with Gasteiger partial charge in [-0.05, 0) is 179 Å². The lowest BCUT2D eigenvalue weighted by Gasteiger charge is -2.26. The molecule has 0 aliphatic rings. The Balaban J connectivity index is 0.962. The van der Waals surface area contributed by atoms with Crippen LogP contribution in [0.1, 0.15) is 0 Å². The minimum absolute atomic E-state index is 0.874. The molecule has 2 nitrogen and oxygen atoms in total. The summed E-state index contributed by atoms with van der Waals surface area (Å²) in [5.41, 5.74) is 25.7. The average molecular weight is 1020 g/mol. The zero-order chi connectivity index (χ0) is 53.2. The molecule has 0 saturated carbocycles. The maximum Gasteiger partial charge on any atom is 0.136 e. The van der Waals surface area contributed by atoms with Gasteiger partial charge in [0.1, 0.15) is 11.2 Å². The molecule has 0 amide bonds. The highest BCUT2D eigenvalue weighted by atomic mass is 16.3. The summed E-state index contributed by atoms with van der Waals surface area (Å²) in [5, 5.41) is 2.24. The molecule has 0 unspecified atom stereocenters. The predicted octanol–water partition coefficient (Wildman–Crippen LogP) is 22.1. The standard InChI is InChI=1S/C78H53NO/c1-7-21-54(22-8-1)56-35-42-66(43-36-56)79(67-44-37-57(38-45-67)55-23-9-2-10-24-55)68-46-39-58(40-47-68)64-49-71(59-25-11-3-12-26-59)77(72(50-64)60-27-13-4-14-28-60)78-73(61-29-15-5-16-30-61)51-65(52-74(78)62-31-17-6-18-32-62)63-41-48-70-69-33-19-20-34-75(69)80-76(70)53-63/h1-53H. The van der Waals surface area contributed by atoms with Gasteiger partial charge in [0.2, 0.25) is 0 Å². The molecule has 80 heavy (non-hydrogen) atoms. The van der Waals surface area contributed by atoms with Crippen LogP contribution >= 0.6 is 0 Å². The second kappa shape index (κ2) is 21.1. The average Bonchev–Trinajstić information content (AvgIpc) is 4.07. The minimum Gasteiger partial charge on any atom is -0.456 e. The second-order valence-electron chi connectivity index (χ2n) is 20.4. The van der Waals surface area contributed by atoms with Crippen LogP contribution in [0.5, 0.6) is 0 Å². The topological polar surface area (TPSA) is 16.4 Å². The molecule has 14 rings (SSSR count). The monoisotopic (exact) mass is 1020 g/mol. The van der Waals surface area contributed by atoms with Gasteiger partial charge < -0.3 is 9.32 Å². The fraction of sp³-hybridized carbons (Fsp3) is 0. The van der Waals surface area contributed by atoms with Crippen LogP contribution in [0.25, 0.3) is 122 Å². The third kappa shape index (κ3) is 9.25. The molecule has 0 radical (unpaired) electrons. The van der Waals surface area contributed by atoms with Crippen molar-refractivity contribution in [3.05, 3.63) is 322 Å². The number of para-hydroxylation sites is 1. The van der Waals surface area contributed by atoms with Crippen molar-refractivity contribution in [3.8, 4) is 100 Å². The smallest absolute Gasteiger partial charge is 0.136 e. The van der Waals surface area contributed by atoms with Gasteiger partial charge in [-0.3, -0.25) is 0 Å². The third-order valence-electron chi connectivity index (χ3n) is 15.5. The van der Waals surface area contributed by atoms with Crippen molar-refractivity contribution in [2.45, 2.75) is 0 Å². The van der Waals surface area contributed by atoms with Gasteiger partial charge >= 0.3 is 0 Å². The summed E-state index contributed by atoms with van der Waals surface area (Å²) in [7, 11) is 0. The fourth-order valence-corrected chi connectivity index (χ4v) is 11.6. The molecule has 14 aromatic rings. The van der Waals surface area contributed by atoms with Crippen LogP contribution in [0, 0.1) is 0 Å². The first-order valence-electron chi connectivity index (χ1n) is 27.4. The number of benzene rings is 13. The Kier molecular flexibility index (Phi) is 12.6. The third-order valence-corrected chi connectivity index (χ3v) is 15.5. The molecule has 0 spiro atoms. The maximum absolute atomic E-state index is 6.51. The molecule has 0 atom stereocenters. The zero-order valence-electron chi connectivity index (χ0n) is 44.0. The maximum atomic E-state index is 6.51. The van der Waals surface area contributed by atoms with Gasteiger partial charge in [0.15, 0.2) is 0 Å². The van der Waals surface area contributed by atoms with E-state index in [2.05, 4.69) is 314 Å². The minimum atomic E-state index is 0.874. The van der Waals surface area contributed by atoms with E-state index in [1.165, 1.54) is 33.4 Å². The van der Waals surface area contributed by atoms with Gasteiger partial charge in [0.25, 0.3) is 0 Å². The van der Waals surface area contributed by atoms with Gasteiger partial charge in [-0.1, -0.05) is 243 Å². The highest BCUT2D eigenvalue weighted by Gasteiger charge is 2.25. The lowest BCUT2D eigenvalue weighted by Crippen LogP contribution is -2.09. The lowest BCUT2D eigenvalue weighted by molar-refractivity contribution is 0.669. The number of furan rings is 1. The van der Waals surface area contributed by atoms with E-state index in [1.807, 2.05) is 12.1 Å². The van der Waals surface area contributed by atoms with E-state index >= 15 is 0 Å². The molecule has 1 aromatic heterocycles. The van der Waals surface area contributed by atoms with Crippen molar-refractivity contribution in [1.82, 2.24) is 0 Å². The summed E-state index contributed by atoms with van der Waals surface area (Å²) < 4.78 is 6.51. The quantitative estimate of drug-likeness (QED) is 0.121. The SMILES string of the molecule is c1ccc(-c2ccc(N(c3ccc(-c4ccccc4)cc3)c3ccc(-c4cc(-c5ccccc5)c(-c5c(-c6ccccc6)cc(-c6ccc7c(c6)oc6ccccc67)cc5-c5ccccc5)c(-c5ccccc5)c4)cc3)cc2)cc1. The van der Waals surface area contributed by atoms with Crippen molar-refractivity contribution in [2.24, 2.45) is 0 Å². The first kappa shape index (κ1) is 47.9. The van der Waals surface area contributed by atoms with Gasteiger partial charge in [0, 0.05) is 27.8 Å². The molecule has 0 aliphatic carbocycles. The summed E-state index contributed by atoms with van der Waals surface area (Å²) in [4.78, 5) is 2.36. The van der Waals surface area contributed by atoms with E-state index in [0.29, 0.717) is 0 Å². The highest BCUT2D eigenvalue weighted by molar-refractivity contribution is 6.09. The Hall–Kier alpha value is -10.5. The summed E-state index contributed by atoms with van der Waals surface area (Å²) >= 11 is 0. The van der Waals surface area contributed by atoms with E-state index < -0.39 is 0 Å². The Bertz CT molecular complexity index is 4240. The van der Waals surface area contributed by atoms with Crippen molar-refractivity contribution in [3.63, 3.8) is 0 Å².